The average molecular weight is 141 g/mol. The third-order valence-electron chi connectivity index (χ3n) is 2.97. The second-order valence-electron chi connectivity index (χ2n) is 4.35. The van der Waals surface area contributed by atoms with Crippen LogP contribution < -0.4 is 5.73 Å². The van der Waals surface area contributed by atoms with Gasteiger partial charge < -0.3 is 5.73 Å². The van der Waals surface area contributed by atoms with Crippen LogP contribution in [0.3, 0.4) is 0 Å². The van der Waals surface area contributed by atoms with Crippen LogP contribution in [0.4, 0.5) is 0 Å². The van der Waals surface area contributed by atoms with Crippen LogP contribution in [0.25, 0.3) is 0 Å². The highest BCUT2D eigenvalue weighted by molar-refractivity contribution is 4.88. The summed E-state index contributed by atoms with van der Waals surface area (Å²) in [7, 11) is 0. The van der Waals surface area contributed by atoms with Crippen molar-refractivity contribution < 1.29 is 0 Å². The van der Waals surface area contributed by atoms with Crippen LogP contribution in [0, 0.1) is 11.3 Å². The first-order chi connectivity index (χ1) is 4.54. The Bertz CT molecular complexity index is 116. The fourth-order valence-electron chi connectivity index (χ4n) is 2.33. The minimum Gasteiger partial charge on any atom is -0.328 e. The highest BCUT2D eigenvalue weighted by atomic mass is 14.7. The van der Waals surface area contributed by atoms with Gasteiger partial charge in [-0.05, 0) is 31.1 Å². The molecule has 0 bridgehead atoms. The maximum absolute atomic E-state index is 5.87. The van der Waals surface area contributed by atoms with E-state index in [-0.39, 0.29) is 0 Å². The van der Waals surface area contributed by atoms with Crippen LogP contribution in [-0.4, -0.2) is 6.04 Å². The number of hydrogen-bond acceptors (Lipinski definition) is 1. The third kappa shape index (κ3) is 1.34. The SMILES string of the molecule is CC(N)C1CCCC1(C)C. The molecule has 0 aliphatic heterocycles. The van der Waals surface area contributed by atoms with Gasteiger partial charge >= 0.3 is 0 Å². The summed E-state index contributed by atoms with van der Waals surface area (Å²) >= 11 is 0. The Kier molecular flexibility index (Phi) is 2.04. The summed E-state index contributed by atoms with van der Waals surface area (Å²) in [6, 6.07) is 0.387. The summed E-state index contributed by atoms with van der Waals surface area (Å²) in [5, 5.41) is 0. The zero-order valence-electron chi connectivity index (χ0n) is 7.35. The largest absolute Gasteiger partial charge is 0.328 e. The molecule has 1 nitrogen and oxygen atoms in total. The van der Waals surface area contributed by atoms with Gasteiger partial charge in [-0.25, -0.2) is 0 Å². The summed E-state index contributed by atoms with van der Waals surface area (Å²) in [5.41, 5.74) is 6.38. The van der Waals surface area contributed by atoms with Crippen molar-refractivity contribution >= 4 is 0 Å². The van der Waals surface area contributed by atoms with Gasteiger partial charge in [0.15, 0.2) is 0 Å². The Labute approximate surface area is 64.0 Å². The molecule has 1 aliphatic carbocycles. The molecule has 0 radical (unpaired) electrons. The monoisotopic (exact) mass is 141 g/mol. The molecular weight excluding hydrogens is 122 g/mol. The van der Waals surface area contributed by atoms with Crippen molar-refractivity contribution in [2.75, 3.05) is 0 Å². The van der Waals surface area contributed by atoms with Gasteiger partial charge in [0.1, 0.15) is 0 Å². The molecule has 0 spiro atoms. The van der Waals surface area contributed by atoms with Crippen molar-refractivity contribution in [2.45, 2.75) is 46.1 Å². The van der Waals surface area contributed by atoms with Gasteiger partial charge in [0.05, 0.1) is 0 Å². The molecule has 1 heteroatoms. The van der Waals surface area contributed by atoms with E-state index in [1.165, 1.54) is 19.3 Å². The summed E-state index contributed by atoms with van der Waals surface area (Å²) in [6.07, 6.45) is 4.07. The topological polar surface area (TPSA) is 26.0 Å². The van der Waals surface area contributed by atoms with E-state index in [0.717, 1.165) is 5.92 Å². The first kappa shape index (κ1) is 8.06. The predicted molar refractivity (Wildman–Crippen MR) is 44.8 cm³/mol. The molecule has 1 fully saturated rings. The van der Waals surface area contributed by atoms with E-state index in [1.54, 1.807) is 0 Å². The highest BCUT2D eigenvalue weighted by Gasteiger charge is 2.36. The van der Waals surface area contributed by atoms with E-state index >= 15 is 0 Å². The molecule has 0 heterocycles. The Morgan fingerprint density at radius 3 is 2.30 bits per heavy atom. The Hall–Kier alpha value is -0.0400. The zero-order chi connectivity index (χ0) is 7.78. The zero-order valence-corrected chi connectivity index (χ0v) is 7.35. The van der Waals surface area contributed by atoms with E-state index in [4.69, 9.17) is 5.73 Å². The molecule has 2 atom stereocenters. The van der Waals surface area contributed by atoms with Gasteiger partial charge in [0.2, 0.25) is 0 Å². The lowest BCUT2D eigenvalue weighted by Crippen LogP contribution is -2.33. The Morgan fingerprint density at radius 2 is 2.10 bits per heavy atom. The van der Waals surface area contributed by atoms with Gasteiger partial charge in [-0.15, -0.1) is 0 Å². The lowest BCUT2D eigenvalue weighted by Gasteiger charge is -2.29. The minimum atomic E-state index is 0.387. The van der Waals surface area contributed by atoms with E-state index in [9.17, 15) is 0 Å². The van der Waals surface area contributed by atoms with Gasteiger partial charge in [-0.1, -0.05) is 20.3 Å². The second kappa shape index (κ2) is 2.54. The lowest BCUT2D eigenvalue weighted by molar-refractivity contribution is 0.229. The van der Waals surface area contributed by atoms with Crippen LogP contribution in [0.2, 0.25) is 0 Å². The molecule has 60 valence electrons. The van der Waals surface area contributed by atoms with Gasteiger partial charge in [0, 0.05) is 6.04 Å². The first-order valence-corrected chi connectivity index (χ1v) is 4.29. The molecular formula is C9H19N. The molecule has 1 saturated carbocycles. The fraction of sp³-hybridized carbons (Fsp3) is 1.00. The minimum absolute atomic E-state index is 0.387. The number of nitrogens with two attached hydrogens (primary N) is 1. The molecule has 1 rings (SSSR count). The molecule has 0 aromatic rings. The lowest BCUT2D eigenvalue weighted by atomic mass is 9.78. The number of hydrogen-bond donors (Lipinski definition) is 1. The quantitative estimate of drug-likeness (QED) is 0.595. The molecule has 10 heavy (non-hydrogen) atoms. The van der Waals surface area contributed by atoms with E-state index in [2.05, 4.69) is 20.8 Å². The van der Waals surface area contributed by atoms with Crippen molar-refractivity contribution in [2.24, 2.45) is 17.1 Å². The maximum atomic E-state index is 5.87. The standard InChI is InChI=1S/C9H19N/c1-7(10)8-5-4-6-9(8,2)3/h7-8H,4-6,10H2,1-3H3. The summed E-state index contributed by atoms with van der Waals surface area (Å²) < 4.78 is 0. The summed E-state index contributed by atoms with van der Waals surface area (Å²) in [6.45, 7) is 6.82. The van der Waals surface area contributed by atoms with Crippen molar-refractivity contribution in [3.63, 3.8) is 0 Å². The molecule has 0 amide bonds. The predicted octanol–water partition coefficient (Wildman–Crippen LogP) is 2.16. The third-order valence-corrected chi connectivity index (χ3v) is 2.97. The van der Waals surface area contributed by atoms with Crippen LogP contribution >= 0.6 is 0 Å². The first-order valence-electron chi connectivity index (χ1n) is 4.29. The van der Waals surface area contributed by atoms with Crippen molar-refractivity contribution in [3.05, 3.63) is 0 Å². The van der Waals surface area contributed by atoms with Crippen molar-refractivity contribution in [1.82, 2.24) is 0 Å². The second-order valence-corrected chi connectivity index (χ2v) is 4.35. The van der Waals surface area contributed by atoms with E-state index in [0.29, 0.717) is 11.5 Å². The highest BCUT2D eigenvalue weighted by Crippen LogP contribution is 2.43. The normalized spacial score (nSPS) is 34.2. The van der Waals surface area contributed by atoms with E-state index < -0.39 is 0 Å². The molecule has 1 aliphatic rings. The van der Waals surface area contributed by atoms with Crippen LogP contribution in [0.15, 0.2) is 0 Å². The van der Waals surface area contributed by atoms with Crippen molar-refractivity contribution in [1.29, 1.82) is 0 Å². The fourth-order valence-corrected chi connectivity index (χ4v) is 2.33. The van der Waals surface area contributed by atoms with Crippen LogP contribution in [-0.2, 0) is 0 Å². The number of rotatable bonds is 1. The summed E-state index contributed by atoms with van der Waals surface area (Å²) in [5.74, 6) is 0.757. The molecule has 0 aromatic heterocycles. The van der Waals surface area contributed by atoms with Gasteiger partial charge in [-0.3, -0.25) is 0 Å². The van der Waals surface area contributed by atoms with Gasteiger partial charge in [-0.2, -0.15) is 0 Å². The smallest absolute Gasteiger partial charge is 0.00438 e. The average Bonchev–Trinajstić information content (AvgIpc) is 2.08. The summed E-state index contributed by atoms with van der Waals surface area (Å²) in [4.78, 5) is 0. The van der Waals surface area contributed by atoms with Crippen LogP contribution in [0.5, 0.6) is 0 Å². The maximum Gasteiger partial charge on any atom is 0.00438 e. The molecule has 2 unspecified atom stereocenters. The molecule has 2 N–H and O–H groups in total. The van der Waals surface area contributed by atoms with E-state index in [1.807, 2.05) is 0 Å². The molecule has 0 aromatic carbocycles. The van der Waals surface area contributed by atoms with Crippen LogP contribution in [0.1, 0.15) is 40.0 Å². The van der Waals surface area contributed by atoms with Gasteiger partial charge in [0.25, 0.3) is 0 Å². The molecule has 0 saturated heterocycles. The Balaban J connectivity index is 2.59. The Morgan fingerprint density at radius 1 is 1.50 bits per heavy atom. The van der Waals surface area contributed by atoms with Crippen molar-refractivity contribution in [3.8, 4) is 0 Å².